The van der Waals surface area contributed by atoms with Crippen molar-refractivity contribution in [3.8, 4) is 0 Å². The smallest absolute Gasteiger partial charge is 0.313 e. The zero-order valence-corrected chi connectivity index (χ0v) is 13.1. The number of ether oxygens (including phenoxy) is 1. The van der Waals surface area contributed by atoms with Crippen LogP contribution in [-0.4, -0.2) is 42.6 Å². The van der Waals surface area contributed by atoms with Crippen molar-refractivity contribution in [2.24, 2.45) is 0 Å². The lowest BCUT2D eigenvalue weighted by atomic mass is 10.0. The molecule has 0 aliphatic carbocycles. The Labute approximate surface area is 128 Å². The van der Waals surface area contributed by atoms with E-state index in [-0.39, 0.29) is 5.60 Å². The van der Waals surface area contributed by atoms with Gasteiger partial charge in [-0.15, -0.1) is 0 Å². The van der Waals surface area contributed by atoms with E-state index in [1.807, 2.05) is 25.1 Å². The van der Waals surface area contributed by atoms with Crippen LogP contribution in [0.15, 0.2) is 24.3 Å². The maximum absolute atomic E-state index is 11.9. The molecule has 0 bridgehead atoms. The molecule has 21 heavy (non-hydrogen) atoms. The van der Waals surface area contributed by atoms with E-state index in [4.69, 9.17) is 4.74 Å². The monoisotopic (exact) mass is 308 g/mol. The van der Waals surface area contributed by atoms with E-state index in [0.717, 1.165) is 23.5 Å². The molecule has 6 heteroatoms. The summed E-state index contributed by atoms with van der Waals surface area (Å²) in [6.45, 7) is 2.24. The second-order valence-electron chi connectivity index (χ2n) is 5.14. The third-order valence-electron chi connectivity index (χ3n) is 3.67. The number of carbonyl (C=O) groups is 2. The first-order valence-electron chi connectivity index (χ1n) is 6.84. The first-order chi connectivity index (χ1) is 10.1. The summed E-state index contributed by atoms with van der Waals surface area (Å²) in [6, 6.07) is 7.34. The Morgan fingerprint density at radius 3 is 2.71 bits per heavy atom. The van der Waals surface area contributed by atoms with E-state index in [0.29, 0.717) is 12.2 Å². The summed E-state index contributed by atoms with van der Waals surface area (Å²) >= 11 is 1.79. The second kappa shape index (κ2) is 6.95. The standard InChI is InChI=1S/C15H20N2O3S/c1-11-5-3-4-6-12(11)17-14(19)13(18)16-9-15(20-2)7-8-21-10-15/h3-6H,7-10H2,1-2H3,(H,16,18)(H,17,19). The molecule has 0 aromatic heterocycles. The van der Waals surface area contributed by atoms with Crippen molar-refractivity contribution in [1.29, 1.82) is 0 Å². The quantitative estimate of drug-likeness (QED) is 0.829. The first-order valence-corrected chi connectivity index (χ1v) is 7.99. The summed E-state index contributed by atoms with van der Waals surface area (Å²) in [7, 11) is 1.64. The lowest BCUT2D eigenvalue weighted by molar-refractivity contribution is -0.136. The molecule has 1 fully saturated rings. The third-order valence-corrected chi connectivity index (χ3v) is 4.89. The van der Waals surface area contributed by atoms with Gasteiger partial charge in [0.05, 0.1) is 5.60 Å². The largest absolute Gasteiger partial charge is 0.376 e. The summed E-state index contributed by atoms with van der Waals surface area (Å²) in [5.41, 5.74) is 1.22. The summed E-state index contributed by atoms with van der Waals surface area (Å²) in [5.74, 6) is 0.565. The van der Waals surface area contributed by atoms with Gasteiger partial charge in [0.2, 0.25) is 0 Å². The minimum Gasteiger partial charge on any atom is -0.376 e. The number of para-hydroxylation sites is 1. The number of rotatable bonds is 4. The van der Waals surface area contributed by atoms with Crippen LogP contribution in [-0.2, 0) is 14.3 Å². The molecule has 1 heterocycles. The Bertz CT molecular complexity index is 527. The SMILES string of the molecule is COC1(CNC(=O)C(=O)Nc2ccccc2C)CCSC1. The highest BCUT2D eigenvalue weighted by molar-refractivity contribution is 7.99. The van der Waals surface area contributed by atoms with E-state index in [1.165, 1.54) is 0 Å². The normalized spacial score (nSPS) is 21.0. The summed E-state index contributed by atoms with van der Waals surface area (Å²) < 4.78 is 5.50. The molecule has 114 valence electrons. The van der Waals surface area contributed by atoms with Gasteiger partial charge >= 0.3 is 11.8 Å². The average molecular weight is 308 g/mol. The van der Waals surface area contributed by atoms with Gasteiger partial charge in [0.15, 0.2) is 0 Å². The number of anilines is 1. The van der Waals surface area contributed by atoms with Gasteiger partial charge in [-0.05, 0) is 30.7 Å². The Morgan fingerprint density at radius 1 is 1.33 bits per heavy atom. The molecule has 1 aromatic rings. The second-order valence-corrected chi connectivity index (χ2v) is 6.25. The molecule has 0 saturated carbocycles. The topological polar surface area (TPSA) is 67.4 Å². The van der Waals surface area contributed by atoms with Crippen LogP contribution in [0.2, 0.25) is 0 Å². The zero-order valence-electron chi connectivity index (χ0n) is 12.3. The summed E-state index contributed by atoms with van der Waals surface area (Å²) in [5, 5.41) is 5.29. The predicted octanol–water partition coefficient (Wildman–Crippen LogP) is 1.57. The summed E-state index contributed by atoms with van der Waals surface area (Å²) in [6.07, 6.45) is 0.883. The van der Waals surface area contributed by atoms with Gasteiger partial charge in [-0.3, -0.25) is 9.59 Å². The van der Waals surface area contributed by atoms with E-state index in [9.17, 15) is 9.59 Å². The number of thioether (sulfide) groups is 1. The highest BCUT2D eigenvalue weighted by atomic mass is 32.2. The van der Waals surface area contributed by atoms with Crippen LogP contribution in [0.5, 0.6) is 0 Å². The number of amides is 2. The van der Waals surface area contributed by atoms with Crippen LogP contribution >= 0.6 is 11.8 Å². The molecule has 2 N–H and O–H groups in total. The number of benzene rings is 1. The van der Waals surface area contributed by atoms with Crippen LogP contribution in [0.3, 0.4) is 0 Å². The molecule has 5 nitrogen and oxygen atoms in total. The lowest BCUT2D eigenvalue weighted by Gasteiger charge is -2.26. The molecule has 1 aromatic carbocycles. The molecule has 0 radical (unpaired) electrons. The van der Waals surface area contributed by atoms with Gasteiger partial charge in [0.25, 0.3) is 0 Å². The van der Waals surface area contributed by atoms with E-state index < -0.39 is 11.8 Å². The first kappa shape index (κ1) is 15.9. The highest BCUT2D eigenvalue weighted by Gasteiger charge is 2.35. The van der Waals surface area contributed by atoms with Gasteiger partial charge in [0, 0.05) is 25.1 Å². The maximum Gasteiger partial charge on any atom is 0.313 e. The molecule has 1 aliphatic heterocycles. The Balaban J connectivity index is 1.88. The molecule has 2 amide bonds. The van der Waals surface area contributed by atoms with Crippen molar-refractivity contribution in [1.82, 2.24) is 5.32 Å². The van der Waals surface area contributed by atoms with Crippen molar-refractivity contribution >= 4 is 29.3 Å². The maximum atomic E-state index is 11.9. The van der Waals surface area contributed by atoms with E-state index in [2.05, 4.69) is 10.6 Å². The van der Waals surface area contributed by atoms with Crippen LogP contribution in [0.25, 0.3) is 0 Å². The molecule has 1 atom stereocenters. The fourth-order valence-corrected chi connectivity index (χ4v) is 3.57. The number of hydrogen-bond donors (Lipinski definition) is 2. The van der Waals surface area contributed by atoms with Gasteiger partial charge < -0.3 is 15.4 Å². The fraction of sp³-hybridized carbons (Fsp3) is 0.467. The Morgan fingerprint density at radius 2 is 2.10 bits per heavy atom. The molecule has 1 unspecified atom stereocenters. The van der Waals surface area contributed by atoms with Gasteiger partial charge in [-0.2, -0.15) is 11.8 Å². The predicted molar refractivity (Wildman–Crippen MR) is 84.5 cm³/mol. The number of aryl methyl sites for hydroxylation is 1. The molecular weight excluding hydrogens is 288 g/mol. The molecule has 2 rings (SSSR count). The van der Waals surface area contributed by atoms with Crippen LogP contribution in [0.1, 0.15) is 12.0 Å². The lowest BCUT2D eigenvalue weighted by Crippen LogP contribution is -2.47. The molecule has 1 aliphatic rings. The number of carbonyl (C=O) groups excluding carboxylic acids is 2. The summed E-state index contributed by atoms with van der Waals surface area (Å²) in [4.78, 5) is 23.8. The van der Waals surface area contributed by atoms with E-state index in [1.54, 1.807) is 24.9 Å². The van der Waals surface area contributed by atoms with Gasteiger partial charge in [-0.1, -0.05) is 18.2 Å². The minimum absolute atomic E-state index is 0.344. The van der Waals surface area contributed by atoms with Crippen molar-refractivity contribution in [2.45, 2.75) is 18.9 Å². The Kier molecular flexibility index (Phi) is 5.25. The third kappa shape index (κ3) is 3.98. The zero-order chi connectivity index (χ0) is 15.3. The Hall–Kier alpha value is -1.53. The van der Waals surface area contributed by atoms with Crippen molar-refractivity contribution in [3.63, 3.8) is 0 Å². The van der Waals surface area contributed by atoms with Crippen molar-refractivity contribution in [3.05, 3.63) is 29.8 Å². The fourth-order valence-electron chi connectivity index (χ4n) is 2.17. The number of methoxy groups -OCH3 is 1. The van der Waals surface area contributed by atoms with Gasteiger partial charge in [0.1, 0.15) is 0 Å². The highest BCUT2D eigenvalue weighted by Crippen LogP contribution is 2.30. The van der Waals surface area contributed by atoms with Crippen LogP contribution in [0, 0.1) is 6.92 Å². The molecular formula is C15H20N2O3S. The van der Waals surface area contributed by atoms with Crippen LogP contribution < -0.4 is 10.6 Å². The van der Waals surface area contributed by atoms with Crippen LogP contribution in [0.4, 0.5) is 5.69 Å². The molecule has 1 saturated heterocycles. The van der Waals surface area contributed by atoms with Crippen molar-refractivity contribution < 1.29 is 14.3 Å². The minimum atomic E-state index is -0.652. The van der Waals surface area contributed by atoms with Crippen molar-refractivity contribution in [2.75, 3.05) is 30.5 Å². The number of hydrogen-bond acceptors (Lipinski definition) is 4. The van der Waals surface area contributed by atoms with Gasteiger partial charge in [-0.25, -0.2) is 0 Å². The van der Waals surface area contributed by atoms with E-state index >= 15 is 0 Å². The molecule has 0 spiro atoms. The average Bonchev–Trinajstić information content (AvgIpc) is 2.96. The number of nitrogens with one attached hydrogen (secondary N) is 2.